The molecule has 69 heavy (non-hydrogen) atoms. The molecule has 0 bridgehead atoms. The highest BCUT2D eigenvalue weighted by Crippen LogP contribution is 2.55. The van der Waals surface area contributed by atoms with Gasteiger partial charge in [-0.15, -0.1) is 0 Å². The summed E-state index contributed by atoms with van der Waals surface area (Å²) in [5, 5.41) is 2.43. The molecular formula is C65H75BN2O. The van der Waals surface area contributed by atoms with Crippen LogP contribution in [0.3, 0.4) is 0 Å². The summed E-state index contributed by atoms with van der Waals surface area (Å²) in [6, 6.07) is 36.9. The van der Waals surface area contributed by atoms with Gasteiger partial charge >= 0.3 is 0 Å². The van der Waals surface area contributed by atoms with Crippen LogP contribution in [0, 0.1) is 6.92 Å². The highest BCUT2D eigenvalue weighted by atomic mass is 16.3. The molecule has 7 aromatic rings. The molecular weight excluding hydrogens is 836 g/mol. The summed E-state index contributed by atoms with van der Waals surface area (Å²) in [5.74, 6) is 0. The van der Waals surface area contributed by atoms with E-state index in [2.05, 4.69) is 212 Å². The van der Waals surface area contributed by atoms with Crippen LogP contribution in [0.15, 0.2) is 95.4 Å². The number of nitrogens with zero attached hydrogens (tertiary/aromatic N) is 2. The van der Waals surface area contributed by atoms with Gasteiger partial charge in [0.25, 0.3) is 6.71 Å². The van der Waals surface area contributed by atoms with E-state index in [9.17, 15) is 0 Å². The van der Waals surface area contributed by atoms with Gasteiger partial charge < -0.3 is 14.2 Å². The Morgan fingerprint density at radius 3 is 1.58 bits per heavy atom. The van der Waals surface area contributed by atoms with Crippen LogP contribution in [0.4, 0.5) is 34.1 Å². The van der Waals surface area contributed by atoms with Crippen molar-refractivity contribution in [1.29, 1.82) is 0 Å². The van der Waals surface area contributed by atoms with Crippen molar-refractivity contribution in [3.63, 3.8) is 0 Å². The van der Waals surface area contributed by atoms with Crippen molar-refractivity contribution in [1.82, 2.24) is 0 Å². The van der Waals surface area contributed by atoms with Gasteiger partial charge in [0.15, 0.2) is 5.58 Å². The van der Waals surface area contributed by atoms with Gasteiger partial charge in [0.2, 0.25) is 0 Å². The molecule has 6 aromatic carbocycles. The van der Waals surface area contributed by atoms with Crippen molar-refractivity contribution in [2.75, 3.05) is 9.80 Å². The monoisotopic (exact) mass is 911 g/mol. The van der Waals surface area contributed by atoms with Crippen molar-refractivity contribution in [3.8, 4) is 0 Å². The molecule has 0 unspecified atom stereocenters. The minimum Gasteiger partial charge on any atom is -0.454 e. The molecule has 3 nitrogen and oxygen atoms in total. The van der Waals surface area contributed by atoms with Gasteiger partial charge in [-0.3, -0.25) is 0 Å². The van der Waals surface area contributed by atoms with E-state index in [4.69, 9.17) is 4.42 Å². The Balaban J connectivity index is 1.23. The first kappa shape index (κ1) is 45.0. The quantitative estimate of drug-likeness (QED) is 0.161. The second-order valence-electron chi connectivity index (χ2n) is 27.4. The van der Waals surface area contributed by atoms with E-state index in [1.807, 2.05) is 0 Å². The number of rotatable bonds is 2. The lowest BCUT2D eigenvalue weighted by Gasteiger charge is -2.48. The van der Waals surface area contributed by atoms with E-state index in [1.165, 1.54) is 144 Å². The summed E-state index contributed by atoms with van der Waals surface area (Å²) in [4.78, 5) is 5.34. The van der Waals surface area contributed by atoms with Gasteiger partial charge in [0.1, 0.15) is 5.58 Å². The lowest BCUT2D eigenvalue weighted by Crippen LogP contribution is -2.62. The fourth-order valence-electron chi connectivity index (χ4n) is 13.9. The predicted molar refractivity (Wildman–Crippen MR) is 297 cm³/mol. The van der Waals surface area contributed by atoms with E-state index in [0.29, 0.717) is 0 Å². The highest BCUT2D eigenvalue weighted by Gasteiger charge is 2.49. The first-order valence-corrected chi connectivity index (χ1v) is 26.4. The first-order chi connectivity index (χ1) is 32.2. The van der Waals surface area contributed by atoms with Gasteiger partial charge in [-0.2, -0.15) is 0 Å². The summed E-state index contributed by atoms with van der Waals surface area (Å²) in [5.41, 5.74) is 25.4. The standard InChI is InChI=1S/C65H75BN2O/c1-38-19-17-18-20-51(38)68-54-32-39(59(2,3)4)31-53-56(54)66(49-24-22-41-42-34-45-48(37-55(42)69-58(41)57(49)68)65(15,16)30-27-62(45,9)10)50-35-46-47(64(13,14)29-28-63(46,11)12)36-52(50)67(53)40-21-23-43-44(33-40)61(7,8)26-25-60(43,5)6/h17-24,31-37H,25-30H2,1-16H3. The van der Waals surface area contributed by atoms with Crippen LogP contribution >= 0.6 is 0 Å². The smallest absolute Gasteiger partial charge is 0.252 e. The van der Waals surface area contributed by atoms with Crippen molar-refractivity contribution < 1.29 is 4.42 Å². The minimum atomic E-state index is -0.127. The minimum absolute atomic E-state index is 0.0200. The van der Waals surface area contributed by atoms with Crippen molar-refractivity contribution in [3.05, 3.63) is 136 Å². The Hall–Kier alpha value is -5.22. The topological polar surface area (TPSA) is 19.6 Å². The predicted octanol–water partition coefficient (Wildman–Crippen LogP) is 16.3. The molecule has 0 N–H and O–H groups in total. The van der Waals surface area contributed by atoms with E-state index in [0.717, 1.165) is 11.2 Å². The Morgan fingerprint density at radius 2 is 0.986 bits per heavy atom. The number of anilines is 6. The molecule has 5 aliphatic rings. The van der Waals surface area contributed by atoms with Crippen LogP contribution in [0.2, 0.25) is 0 Å². The third kappa shape index (κ3) is 6.37. The fourth-order valence-corrected chi connectivity index (χ4v) is 13.9. The lowest BCUT2D eigenvalue weighted by molar-refractivity contribution is 0.332. The second-order valence-corrected chi connectivity index (χ2v) is 27.4. The molecule has 4 heteroatoms. The average Bonchev–Trinajstić information content (AvgIpc) is 3.65. The maximum atomic E-state index is 7.49. The SMILES string of the molecule is Cc1ccccc1N1c2cc(C(C)(C)C)cc3c2B(c2cc4c(cc2N3c2ccc3c(c2)C(C)(C)CCC3(C)C)C(C)(C)CCC4(C)C)c2ccc3c(oc4cc5c(cc43)C(C)(C)CCC5(C)C)c21. The molecule has 0 spiro atoms. The number of hydrogen-bond acceptors (Lipinski definition) is 3. The number of furan rings is 1. The van der Waals surface area contributed by atoms with Gasteiger partial charge in [-0.1, -0.05) is 146 Å². The summed E-state index contributed by atoms with van der Waals surface area (Å²) in [7, 11) is 0. The molecule has 3 aliphatic carbocycles. The largest absolute Gasteiger partial charge is 0.454 e. The van der Waals surface area contributed by atoms with Crippen LogP contribution in [0.1, 0.15) is 187 Å². The molecule has 0 saturated carbocycles. The molecule has 0 saturated heterocycles. The molecule has 1 aromatic heterocycles. The third-order valence-corrected chi connectivity index (χ3v) is 18.9. The molecule has 0 amide bonds. The zero-order chi connectivity index (χ0) is 48.9. The summed E-state index contributed by atoms with van der Waals surface area (Å²) >= 11 is 0. The van der Waals surface area contributed by atoms with Crippen LogP contribution in [0.5, 0.6) is 0 Å². The number of fused-ring (bicyclic) bond motifs is 11. The maximum Gasteiger partial charge on any atom is 0.252 e. The Bertz CT molecular complexity index is 3360. The zero-order valence-electron chi connectivity index (χ0n) is 44.8. The number of aryl methyl sites for hydroxylation is 1. The molecule has 2 aliphatic heterocycles. The first-order valence-electron chi connectivity index (χ1n) is 26.4. The van der Waals surface area contributed by atoms with Crippen molar-refractivity contribution in [2.24, 2.45) is 0 Å². The summed E-state index contributed by atoms with van der Waals surface area (Å²) in [6.07, 6.45) is 7.06. The van der Waals surface area contributed by atoms with E-state index >= 15 is 0 Å². The van der Waals surface area contributed by atoms with Gasteiger partial charge in [0.05, 0.1) is 5.69 Å². The highest BCUT2D eigenvalue weighted by molar-refractivity contribution is 7.00. The van der Waals surface area contributed by atoms with Crippen molar-refractivity contribution in [2.45, 2.75) is 187 Å². The van der Waals surface area contributed by atoms with E-state index in [-0.39, 0.29) is 44.6 Å². The molecule has 3 heterocycles. The number of para-hydroxylation sites is 1. The molecule has 0 atom stereocenters. The zero-order valence-corrected chi connectivity index (χ0v) is 44.8. The molecule has 0 fully saturated rings. The van der Waals surface area contributed by atoms with Gasteiger partial charge in [-0.05, 0) is 193 Å². The van der Waals surface area contributed by atoms with Crippen LogP contribution in [-0.4, -0.2) is 6.71 Å². The molecule has 354 valence electrons. The number of benzene rings is 6. The Kier molecular flexibility index (Phi) is 9.13. The van der Waals surface area contributed by atoms with Crippen LogP contribution < -0.4 is 26.2 Å². The average molecular weight is 911 g/mol. The lowest BCUT2D eigenvalue weighted by atomic mass is 9.33. The Morgan fingerprint density at radius 1 is 0.464 bits per heavy atom. The van der Waals surface area contributed by atoms with E-state index in [1.54, 1.807) is 0 Å². The summed E-state index contributed by atoms with van der Waals surface area (Å²) in [6.45, 7) is 39.0. The Labute approximate surface area is 414 Å². The summed E-state index contributed by atoms with van der Waals surface area (Å²) < 4.78 is 7.49. The molecule has 12 rings (SSSR count). The normalized spacial score (nSPS) is 20.7. The van der Waals surface area contributed by atoms with Gasteiger partial charge in [-0.25, -0.2) is 0 Å². The van der Waals surface area contributed by atoms with Crippen LogP contribution in [0.25, 0.3) is 21.9 Å². The number of hydrogen-bond donors (Lipinski definition) is 0. The van der Waals surface area contributed by atoms with E-state index < -0.39 is 0 Å². The maximum absolute atomic E-state index is 7.49. The molecule has 0 radical (unpaired) electrons. The fraction of sp³-hybridized carbons (Fsp3) is 0.446. The van der Waals surface area contributed by atoms with Crippen LogP contribution in [-0.2, 0) is 37.9 Å². The van der Waals surface area contributed by atoms with Gasteiger partial charge in [0, 0.05) is 39.2 Å². The van der Waals surface area contributed by atoms with Crippen molar-refractivity contribution >= 4 is 79.2 Å². The third-order valence-electron chi connectivity index (χ3n) is 18.9. The second kappa shape index (κ2) is 14.0.